The van der Waals surface area contributed by atoms with Gasteiger partial charge in [0.05, 0.1) is 0 Å². The Kier molecular flexibility index (Phi) is 7.81. The highest BCUT2D eigenvalue weighted by atomic mass is 35.5. The summed E-state index contributed by atoms with van der Waals surface area (Å²) in [5, 5.41) is 11.8. The first kappa shape index (κ1) is 20.9. The topological polar surface area (TPSA) is 53.0 Å². The number of hydrogen-bond donors (Lipinski definition) is 2. The highest BCUT2D eigenvalue weighted by Gasteiger charge is 2.10. The molecule has 0 saturated carbocycles. The van der Waals surface area contributed by atoms with E-state index in [9.17, 15) is 4.79 Å². The van der Waals surface area contributed by atoms with Crippen molar-refractivity contribution in [2.45, 2.75) is 40.0 Å². The zero-order chi connectivity index (χ0) is 19.8. The third-order valence-corrected chi connectivity index (χ3v) is 5.03. The van der Waals surface area contributed by atoms with Crippen molar-refractivity contribution in [2.75, 3.05) is 6.54 Å². The van der Waals surface area contributed by atoms with Crippen LogP contribution in [0, 0.1) is 12.3 Å². The molecular weight excluding hydrogens is 356 g/mol. The zero-order valence-corrected chi connectivity index (χ0v) is 17.0. The van der Waals surface area contributed by atoms with E-state index in [0.717, 1.165) is 40.1 Å². The number of amides is 1. The summed E-state index contributed by atoms with van der Waals surface area (Å²) in [6.07, 6.45) is 1.97. The molecule has 2 aromatic carbocycles. The van der Waals surface area contributed by atoms with Crippen LogP contribution in [0.15, 0.2) is 54.1 Å². The van der Waals surface area contributed by atoms with Crippen LogP contribution in [0.3, 0.4) is 0 Å². The molecule has 0 bridgehead atoms. The van der Waals surface area contributed by atoms with Crippen LogP contribution in [-0.2, 0) is 11.2 Å². The normalized spacial score (nSPS) is 11.7. The molecule has 0 atom stereocenters. The van der Waals surface area contributed by atoms with Crippen LogP contribution < -0.4 is 5.32 Å². The van der Waals surface area contributed by atoms with Crippen LogP contribution in [0.4, 0.5) is 0 Å². The van der Waals surface area contributed by atoms with Gasteiger partial charge < -0.3 is 10.7 Å². The first-order valence-electron chi connectivity index (χ1n) is 9.21. The van der Waals surface area contributed by atoms with E-state index >= 15 is 0 Å². The average Bonchev–Trinajstić information content (AvgIpc) is 2.63. The number of allylic oxidation sites excluding steroid dienone is 1. The Morgan fingerprint density at radius 1 is 1.07 bits per heavy atom. The van der Waals surface area contributed by atoms with Gasteiger partial charge in [-0.1, -0.05) is 59.6 Å². The molecule has 2 aromatic rings. The third kappa shape index (κ3) is 6.37. The van der Waals surface area contributed by atoms with Crippen LogP contribution in [0.5, 0.6) is 0 Å². The molecule has 0 saturated heterocycles. The van der Waals surface area contributed by atoms with E-state index in [1.54, 1.807) is 6.92 Å². The average molecular weight is 383 g/mol. The minimum Gasteiger partial charge on any atom is -0.352 e. The monoisotopic (exact) mass is 382 g/mol. The summed E-state index contributed by atoms with van der Waals surface area (Å²) in [7, 11) is 0. The number of halogens is 1. The Hall–Kier alpha value is -2.39. The molecule has 142 valence electrons. The van der Waals surface area contributed by atoms with Gasteiger partial charge >= 0.3 is 0 Å². The minimum absolute atomic E-state index is 0.00231. The Morgan fingerprint density at radius 3 is 2.37 bits per heavy atom. The summed E-state index contributed by atoms with van der Waals surface area (Å²) in [5.41, 5.74) is 5.71. The molecule has 0 fully saturated rings. The van der Waals surface area contributed by atoms with E-state index < -0.39 is 0 Å². The first-order chi connectivity index (χ1) is 12.9. The van der Waals surface area contributed by atoms with Gasteiger partial charge in [-0.15, -0.1) is 0 Å². The lowest BCUT2D eigenvalue weighted by atomic mass is 9.97. The van der Waals surface area contributed by atoms with Crippen molar-refractivity contribution in [3.8, 4) is 0 Å². The van der Waals surface area contributed by atoms with Crippen LogP contribution in [0.25, 0.3) is 5.57 Å². The first-order valence-corrected chi connectivity index (χ1v) is 9.58. The maximum atomic E-state index is 12.2. The molecule has 0 aliphatic carbocycles. The molecule has 2 rings (SSSR count). The summed E-state index contributed by atoms with van der Waals surface area (Å²) in [6, 6.07) is 15.9. The van der Waals surface area contributed by atoms with Gasteiger partial charge in [-0.2, -0.15) is 0 Å². The molecular formula is C23H27ClN2O. The minimum atomic E-state index is -0.00231. The summed E-state index contributed by atoms with van der Waals surface area (Å²) < 4.78 is 0. The molecule has 0 heterocycles. The van der Waals surface area contributed by atoms with Gasteiger partial charge in [0.25, 0.3) is 0 Å². The number of rotatable bonds is 8. The molecule has 0 aliphatic rings. The molecule has 3 nitrogen and oxygen atoms in total. The molecule has 0 spiro atoms. The third-order valence-electron chi connectivity index (χ3n) is 4.66. The Labute approximate surface area is 167 Å². The van der Waals surface area contributed by atoms with Crippen LogP contribution in [0.1, 0.15) is 43.4 Å². The van der Waals surface area contributed by atoms with E-state index in [1.165, 1.54) is 5.56 Å². The number of benzene rings is 2. The maximum Gasteiger partial charge on any atom is 0.220 e. The van der Waals surface area contributed by atoms with Crippen molar-refractivity contribution in [1.29, 1.82) is 5.41 Å². The SMILES string of the molecule is CC(=N)/C(CNC(=O)CCCc1ccccc1Cl)=C(\C)c1ccc(C)cc1. The van der Waals surface area contributed by atoms with Gasteiger partial charge in [-0.25, -0.2) is 0 Å². The van der Waals surface area contributed by atoms with Gasteiger partial charge in [-0.05, 0) is 62.0 Å². The van der Waals surface area contributed by atoms with Crippen molar-refractivity contribution >= 4 is 28.8 Å². The van der Waals surface area contributed by atoms with E-state index in [0.29, 0.717) is 18.7 Å². The zero-order valence-electron chi connectivity index (χ0n) is 16.2. The van der Waals surface area contributed by atoms with Crippen molar-refractivity contribution in [2.24, 2.45) is 0 Å². The second-order valence-electron chi connectivity index (χ2n) is 6.82. The molecule has 0 radical (unpaired) electrons. The largest absolute Gasteiger partial charge is 0.352 e. The van der Waals surface area contributed by atoms with E-state index in [2.05, 4.69) is 36.5 Å². The molecule has 1 amide bonds. The number of hydrogen-bond acceptors (Lipinski definition) is 2. The molecule has 27 heavy (non-hydrogen) atoms. The van der Waals surface area contributed by atoms with E-state index in [1.807, 2.05) is 31.2 Å². The predicted octanol–water partition coefficient (Wildman–Crippen LogP) is 5.60. The van der Waals surface area contributed by atoms with Gasteiger partial charge in [0.2, 0.25) is 5.91 Å². The van der Waals surface area contributed by atoms with Crippen LogP contribution in [-0.4, -0.2) is 18.2 Å². The fourth-order valence-electron chi connectivity index (χ4n) is 2.94. The molecule has 0 aliphatic heterocycles. The number of aryl methyl sites for hydroxylation is 2. The summed E-state index contributed by atoms with van der Waals surface area (Å²) in [6.45, 7) is 6.19. The van der Waals surface area contributed by atoms with Gasteiger partial charge in [0.1, 0.15) is 0 Å². The van der Waals surface area contributed by atoms with Crippen molar-refractivity contribution in [3.63, 3.8) is 0 Å². The van der Waals surface area contributed by atoms with Crippen molar-refractivity contribution in [3.05, 3.63) is 75.8 Å². The van der Waals surface area contributed by atoms with Crippen molar-refractivity contribution < 1.29 is 4.79 Å². The lowest BCUT2D eigenvalue weighted by Gasteiger charge is -2.13. The van der Waals surface area contributed by atoms with Crippen LogP contribution >= 0.6 is 11.6 Å². The number of carbonyl (C=O) groups is 1. The highest BCUT2D eigenvalue weighted by molar-refractivity contribution is 6.31. The van der Waals surface area contributed by atoms with E-state index in [-0.39, 0.29) is 5.91 Å². The van der Waals surface area contributed by atoms with Crippen molar-refractivity contribution in [1.82, 2.24) is 5.32 Å². The summed E-state index contributed by atoms with van der Waals surface area (Å²) in [4.78, 5) is 12.2. The molecule has 0 aromatic heterocycles. The Balaban J connectivity index is 1.92. The highest BCUT2D eigenvalue weighted by Crippen LogP contribution is 2.20. The fraction of sp³-hybridized carbons (Fsp3) is 0.304. The summed E-state index contributed by atoms with van der Waals surface area (Å²) in [5.74, 6) is -0.00231. The van der Waals surface area contributed by atoms with E-state index in [4.69, 9.17) is 17.0 Å². The van der Waals surface area contributed by atoms with Gasteiger partial charge in [-0.3, -0.25) is 4.79 Å². The second kappa shape index (κ2) is 10.1. The van der Waals surface area contributed by atoms with Gasteiger partial charge in [0.15, 0.2) is 0 Å². The standard InChI is InChI=1S/C23H27ClN2O/c1-16-11-13-19(14-12-16)17(2)21(18(3)25)15-26-23(27)10-6-8-20-7-4-5-9-22(20)24/h4-5,7,9,11-14,25H,6,8,10,15H2,1-3H3,(H,26,27)/b21-17+,25-18?. The summed E-state index contributed by atoms with van der Waals surface area (Å²) >= 11 is 6.15. The lowest BCUT2D eigenvalue weighted by molar-refractivity contribution is -0.120. The fourth-order valence-corrected chi connectivity index (χ4v) is 3.17. The van der Waals surface area contributed by atoms with Gasteiger partial charge in [0, 0.05) is 23.7 Å². The molecule has 4 heteroatoms. The maximum absolute atomic E-state index is 12.2. The molecule has 2 N–H and O–H groups in total. The lowest BCUT2D eigenvalue weighted by Crippen LogP contribution is -2.27. The quantitative estimate of drug-likeness (QED) is 0.573. The smallest absolute Gasteiger partial charge is 0.220 e. The Bertz CT molecular complexity index is 838. The second-order valence-corrected chi connectivity index (χ2v) is 7.22. The number of nitrogens with one attached hydrogen (secondary N) is 2. The molecule has 0 unspecified atom stereocenters. The predicted molar refractivity (Wildman–Crippen MR) is 115 cm³/mol. The number of carbonyl (C=O) groups excluding carboxylic acids is 1. The van der Waals surface area contributed by atoms with Crippen LogP contribution in [0.2, 0.25) is 5.02 Å². The Morgan fingerprint density at radius 2 is 1.74 bits per heavy atom.